The summed E-state index contributed by atoms with van der Waals surface area (Å²) in [7, 11) is 0. The van der Waals surface area contributed by atoms with Gasteiger partial charge in [0.05, 0.1) is 0 Å². The van der Waals surface area contributed by atoms with Crippen LogP contribution in [0.2, 0.25) is 0 Å². The van der Waals surface area contributed by atoms with Gasteiger partial charge in [-0.15, -0.1) is 0 Å². The zero-order valence-electron chi connectivity index (χ0n) is 17.1. The Morgan fingerprint density at radius 1 is 0.548 bits per heavy atom. The minimum atomic E-state index is 0.176. The van der Waals surface area contributed by atoms with Crippen molar-refractivity contribution in [3.8, 4) is 17.2 Å². The van der Waals surface area contributed by atoms with E-state index in [-0.39, 0.29) is 5.75 Å². The highest BCUT2D eigenvalue weighted by atomic mass is 16.5. The van der Waals surface area contributed by atoms with Crippen molar-refractivity contribution in [1.82, 2.24) is 0 Å². The van der Waals surface area contributed by atoms with Crippen LogP contribution >= 0.6 is 0 Å². The normalized spacial score (nSPS) is 10.8. The second kappa shape index (κ2) is 10.2. The van der Waals surface area contributed by atoms with Crippen molar-refractivity contribution in [3.05, 3.63) is 125 Å². The van der Waals surface area contributed by atoms with Crippen molar-refractivity contribution in [3.63, 3.8) is 0 Å². The third-order valence-corrected chi connectivity index (χ3v) is 4.76. The van der Waals surface area contributed by atoms with Gasteiger partial charge >= 0.3 is 0 Å². The molecular weight excluding hydrogens is 384 g/mol. The Morgan fingerprint density at radius 3 is 1.71 bits per heavy atom. The third-order valence-electron chi connectivity index (χ3n) is 4.76. The highest BCUT2D eigenvalue weighted by Crippen LogP contribution is 2.24. The molecule has 0 bridgehead atoms. The van der Waals surface area contributed by atoms with E-state index in [0.29, 0.717) is 19.0 Å². The number of rotatable bonds is 8. The Morgan fingerprint density at radius 2 is 1.10 bits per heavy atom. The van der Waals surface area contributed by atoms with Crippen LogP contribution < -0.4 is 9.47 Å². The second-order valence-electron chi connectivity index (χ2n) is 7.21. The van der Waals surface area contributed by atoms with Gasteiger partial charge in [-0.1, -0.05) is 84.9 Å². The van der Waals surface area contributed by atoms with Crippen molar-refractivity contribution >= 4 is 12.2 Å². The topological polar surface area (TPSA) is 38.7 Å². The number of hydrogen-bond acceptors (Lipinski definition) is 3. The molecule has 0 fully saturated rings. The summed E-state index contributed by atoms with van der Waals surface area (Å²) >= 11 is 0. The maximum Gasteiger partial charge on any atom is 0.124 e. The highest BCUT2D eigenvalue weighted by Gasteiger charge is 2.01. The van der Waals surface area contributed by atoms with Gasteiger partial charge in [0.1, 0.15) is 30.5 Å². The monoisotopic (exact) mass is 408 g/mol. The van der Waals surface area contributed by atoms with Crippen molar-refractivity contribution in [2.45, 2.75) is 13.2 Å². The number of hydrogen-bond donors (Lipinski definition) is 1. The molecule has 4 aromatic carbocycles. The molecule has 0 radical (unpaired) electrons. The average Bonchev–Trinajstić information content (AvgIpc) is 2.82. The predicted molar refractivity (Wildman–Crippen MR) is 125 cm³/mol. The number of phenolic OH excluding ortho intramolecular Hbond substituents is 1. The van der Waals surface area contributed by atoms with Gasteiger partial charge in [0, 0.05) is 6.07 Å². The molecule has 0 unspecified atom stereocenters. The molecule has 0 saturated carbocycles. The zero-order valence-corrected chi connectivity index (χ0v) is 17.1. The SMILES string of the molecule is Oc1cc(/C=C/c2ccc(OCc3ccccc3)cc2)cc(OCc2ccccc2)c1. The summed E-state index contributed by atoms with van der Waals surface area (Å²) in [5.74, 6) is 1.64. The van der Waals surface area contributed by atoms with E-state index in [1.165, 1.54) is 0 Å². The van der Waals surface area contributed by atoms with E-state index in [9.17, 15) is 5.11 Å². The molecule has 0 aliphatic rings. The first kappa shape index (κ1) is 20.3. The molecule has 31 heavy (non-hydrogen) atoms. The molecule has 0 aliphatic carbocycles. The van der Waals surface area contributed by atoms with E-state index < -0.39 is 0 Å². The van der Waals surface area contributed by atoms with Crippen LogP contribution in [0.1, 0.15) is 22.3 Å². The molecule has 0 spiro atoms. The van der Waals surface area contributed by atoms with Gasteiger partial charge in [-0.3, -0.25) is 0 Å². The molecule has 1 N–H and O–H groups in total. The van der Waals surface area contributed by atoms with E-state index in [4.69, 9.17) is 9.47 Å². The summed E-state index contributed by atoms with van der Waals surface area (Å²) in [4.78, 5) is 0. The fraction of sp³-hybridized carbons (Fsp3) is 0.0714. The first-order valence-electron chi connectivity index (χ1n) is 10.2. The summed E-state index contributed by atoms with van der Waals surface area (Å²) in [5, 5.41) is 10.0. The largest absolute Gasteiger partial charge is 0.508 e. The molecule has 4 aromatic rings. The Kier molecular flexibility index (Phi) is 6.66. The van der Waals surface area contributed by atoms with Crippen LogP contribution in [0.5, 0.6) is 17.2 Å². The Labute approximate surface area is 182 Å². The van der Waals surface area contributed by atoms with Gasteiger partial charge in [-0.05, 0) is 46.5 Å². The van der Waals surface area contributed by atoms with Crippen LogP contribution in [0.25, 0.3) is 12.2 Å². The van der Waals surface area contributed by atoms with Crippen LogP contribution in [0.4, 0.5) is 0 Å². The van der Waals surface area contributed by atoms with E-state index in [2.05, 4.69) is 0 Å². The average molecular weight is 408 g/mol. The summed E-state index contributed by atoms with van der Waals surface area (Å²) in [6.45, 7) is 1.00. The van der Waals surface area contributed by atoms with Crippen LogP contribution in [-0.4, -0.2) is 5.11 Å². The molecule has 0 heterocycles. The van der Waals surface area contributed by atoms with Crippen LogP contribution in [0.15, 0.2) is 103 Å². The second-order valence-corrected chi connectivity index (χ2v) is 7.21. The van der Waals surface area contributed by atoms with Crippen molar-refractivity contribution in [2.24, 2.45) is 0 Å². The summed E-state index contributed by atoms with van der Waals surface area (Å²) in [5.41, 5.74) is 4.13. The maximum absolute atomic E-state index is 10.0. The van der Waals surface area contributed by atoms with Gasteiger partial charge in [0.25, 0.3) is 0 Å². The molecule has 0 aliphatic heterocycles. The van der Waals surface area contributed by atoms with Gasteiger partial charge < -0.3 is 14.6 Å². The zero-order chi connectivity index (χ0) is 21.3. The molecule has 0 saturated heterocycles. The summed E-state index contributed by atoms with van der Waals surface area (Å²) < 4.78 is 11.7. The fourth-order valence-electron chi connectivity index (χ4n) is 3.13. The lowest BCUT2D eigenvalue weighted by atomic mass is 10.1. The minimum absolute atomic E-state index is 0.176. The standard InChI is InChI=1S/C28H24O3/c29-26-17-25(18-28(19-26)31-21-24-9-5-2-6-10-24)12-11-22-13-15-27(16-14-22)30-20-23-7-3-1-4-8-23/h1-19,29H,20-21H2/b12-11+. The van der Waals surface area contributed by atoms with Crippen molar-refractivity contribution in [1.29, 1.82) is 0 Å². The lowest BCUT2D eigenvalue weighted by molar-refractivity contribution is 0.304. The van der Waals surface area contributed by atoms with Crippen LogP contribution in [-0.2, 0) is 13.2 Å². The number of phenols is 1. The highest BCUT2D eigenvalue weighted by molar-refractivity contribution is 5.71. The van der Waals surface area contributed by atoms with Crippen LogP contribution in [0.3, 0.4) is 0 Å². The quantitative estimate of drug-likeness (QED) is 0.329. The summed E-state index contributed by atoms with van der Waals surface area (Å²) in [6, 6.07) is 33.2. The van der Waals surface area contributed by atoms with E-state index in [1.54, 1.807) is 12.1 Å². The first-order valence-corrected chi connectivity index (χ1v) is 10.2. The Bertz CT molecular complexity index is 1120. The van der Waals surface area contributed by atoms with E-state index in [0.717, 1.165) is 28.0 Å². The van der Waals surface area contributed by atoms with Gasteiger partial charge in [-0.2, -0.15) is 0 Å². The third kappa shape index (κ3) is 6.25. The minimum Gasteiger partial charge on any atom is -0.508 e. The molecule has 0 amide bonds. The fourth-order valence-corrected chi connectivity index (χ4v) is 3.13. The molecule has 154 valence electrons. The Balaban J connectivity index is 1.36. The molecule has 3 nitrogen and oxygen atoms in total. The molecule has 0 aromatic heterocycles. The molecule has 3 heteroatoms. The number of aromatic hydroxyl groups is 1. The molecular formula is C28H24O3. The number of ether oxygens (including phenoxy) is 2. The number of benzene rings is 4. The lowest BCUT2D eigenvalue weighted by Crippen LogP contribution is -1.95. The lowest BCUT2D eigenvalue weighted by Gasteiger charge is -2.08. The van der Waals surface area contributed by atoms with E-state index in [1.807, 2.05) is 103 Å². The smallest absolute Gasteiger partial charge is 0.124 e. The Hall–Kier alpha value is -3.98. The summed E-state index contributed by atoms with van der Waals surface area (Å²) in [6.07, 6.45) is 3.95. The van der Waals surface area contributed by atoms with Gasteiger partial charge in [0.15, 0.2) is 0 Å². The van der Waals surface area contributed by atoms with Crippen LogP contribution in [0, 0.1) is 0 Å². The van der Waals surface area contributed by atoms with Gasteiger partial charge in [-0.25, -0.2) is 0 Å². The van der Waals surface area contributed by atoms with Crippen molar-refractivity contribution < 1.29 is 14.6 Å². The van der Waals surface area contributed by atoms with Crippen molar-refractivity contribution in [2.75, 3.05) is 0 Å². The predicted octanol–water partition coefficient (Wildman–Crippen LogP) is 6.72. The molecule has 0 atom stereocenters. The van der Waals surface area contributed by atoms with Gasteiger partial charge in [0.2, 0.25) is 0 Å². The first-order chi connectivity index (χ1) is 15.2. The molecule has 4 rings (SSSR count). The van der Waals surface area contributed by atoms with E-state index >= 15 is 0 Å². The maximum atomic E-state index is 10.0.